The molecule has 1 aromatic carbocycles. The van der Waals surface area contributed by atoms with Gasteiger partial charge in [0.15, 0.2) is 19.7 Å². The molecule has 0 amide bonds. The van der Waals surface area contributed by atoms with Crippen LogP contribution in [0.4, 0.5) is 5.69 Å². The van der Waals surface area contributed by atoms with Crippen LogP contribution in [0.2, 0.25) is 0 Å². The molecule has 1 aliphatic rings. The predicted molar refractivity (Wildman–Crippen MR) is 79.4 cm³/mol. The van der Waals surface area contributed by atoms with Gasteiger partial charge >= 0.3 is 0 Å². The first-order chi connectivity index (χ1) is 9.18. The molecule has 1 saturated carbocycles. The molecular weight excluding hydrogens is 298 g/mol. The Labute approximate surface area is 120 Å². The normalized spacial score (nSPS) is 23.7. The summed E-state index contributed by atoms with van der Waals surface area (Å²) in [5, 5.41) is 2.77. The average Bonchev–Trinajstić information content (AvgIpc) is 2.76. The van der Waals surface area contributed by atoms with Crippen molar-refractivity contribution in [2.75, 3.05) is 17.8 Å². The first-order valence-electron chi connectivity index (χ1n) is 6.43. The Kier molecular flexibility index (Phi) is 4.11. The SMILES string of the molecule is CS(=O)(=O)c1cccc(NC2CCCC2S(C)(=O)=O)c1. The predicted octanol–water partition coefficient (Wildman–Crippen LogP) is 1.47. The zero-order valence-corrected chi connectivity index (χ0v) is 13.2. The van der Waals surface area contributed by atoms with Crippen molar-refractivity contribution < 1.29 is 16.8 Å². The number of benzene rings is 1. The topological polar surface area (TPSA) is 80.3 Å². The van der Waals surface area contributed by atoms with Crippen LogP contribution in [-0.4, -0.2) is 40.6 Å². The summed E-state index contributed by atoms with van der Waals surface area (Å²) in [6, 6.07) is 6.34. The Morgan fingerprint density at radius 1 is 1.10 bits per heavy atom. The third-order valence-electron chi connectivity index (χ3n) is 3.62. The molecule has 0 aliphatic heterocycles. The van der Waals surface area contributed by atoms with Gasteiger partial charge in [-0.1, -0.05) is 6.07 Å². The van der Waals surface area contributed by atoms with Crippen molar-refractivity contribution in [2.24, 2.45) is 0 Å². The molecule has 112 valence electrons. The van der Waals surface area contributed by atoms with Crippen LogP contribution in [0.25, 0.3) is 0 Å². The largest absolute Gasteiger partial charge is 0.381 e. The maximum Gasteiger partial charge on any atom is 0.175 e. The van der Waals surface area contributed by atoms with Crippen LogP contribution in [0.3, 0.4) is 0 Å². The molecule has 1 fully saturated rings. The number of rotatable bonds is 4. The standard InChI is InChI=1S/C13H19NO4S2/c1-19(15,16)11-6-3-5-10(9-11)14-12-7-4-8-13(12)20(2,17)18/h3,5-6,9,12-14H,4,7-8H2,1-2H3. The fourth-order valence-corrected chi connectivity index (χ4v) is 4.70. The minimum Gasteiger partial charge on any atom is -0.381 e. The van der Waals surface area contributed by atoms with Gasteiger partial charge in [-0.15, -0.1) is 0 Å². The molecule has 0 heterocycles. The second kappa shape index (κ2) is 5.37. The molecule has 2 rings (SSSR count). The summed E-state index contributed by atoms with van der Waals surface area (Å²) in [5.41, 5.74) is 0.647. The fourth-order valence-electron chi connectivity index (χ4n) is 2.63. The third-order valence-corrected chi connectivity index (χ3v) is 6.39. The highest BCUT2D eigenvalue weighted by atomic mass is 32.2. The molecule has 0 aromatic heterocycles. The van der Waals surface area contributed by atoms with E-state index in [-0.39, 0.29) is 10.9 Å². The third kappa shape index (κ3) is 3.52. The molecule has 5 nitrogen and oxygen atoms in total. The lowest BCUT2D eigenvalue weighted by Gasteiger charge is -2.21. The molecule has 0 saturated heterocycles. The molecule has 1 aromatic rings. The van der Waals surface area contributed by atoms with Crippen LogP contribution >= 0.6 is 0 Å². The molecule has 1 N–H and O–H groups in total. The molecule has 2 unspecified atom stereocenters. The molecule has 7 heteroatoms. The van der Waals surface area contributed by atoms with Crippen molar-refractivity contribution in [3.63, 3.8) is 0 Å². The monoisotopic (exact) mass is 317 g/mol. The molecule has 0 bridgehead atoms. The van der Waals surface area contributed by atoms with Crippen LogP contribution < -0.4 is 5.32 Å². The van der Waals surface area contributed by atoms with E-state index in [1.165, 1.54) is 12.3 Å². The van der Waals surface area contributed by atoms with E-state index < -0.39 is 24.9 Å². The van der Waals surface area contributed by atoms with Crippen molar-refractivity contribution in [1.82, 2.24) is 0 Å². The lowest BCUT2D eigenvalue weighted by molar-refractivity contribution is 0.579. The highest BCUT2D eigenvalue weighted by Crippen LogP contribution is 2.28. The van der Waals surface area contributed by atoms with Gasteiger partial charge in [0.1, 0.15) is 0 Å². The Bertz CT molecular complexity index is 695. The van der Waals surface area contributed by atoms with Crippen LogP contribution in [0.15, 0.2) is 29.2 Å². The first kappa shape index (κ1) is 15.3. The number of nitrogens with one attached hydrogen (secondary N) is 1. The van der Waals surface area contributed by atoms with E-state index in [4.69, 9.17) is 0 Å². The zero-order valence-electron chi connectivity index (χ0n) is 11.5. The van der Waals surface area contributed by atoms with Gasteiger partial charge in [0, 0.05) is 24.2 Å². The van der Waals surface area contributed by atoms with E-state index >= 15 is 0 Å². The van der Waals surface area contributed by atoms with Gasteiger partial charge in [-0.3, -0.25) is 0 Å². The number of anilines is 1. The van der Waals surface area contributed by atoms with E-state index in [1.54, 1.807) is 18.2 Å². The van der Waals surface area contributed by atoms with E-state index in [0.717, 1.165) is 19.1 Å². The van der Waals surface area contributed by atoms with Crippen molar-refractivity contribution in [1.29, 1.82) is 0 Å². The average molecular weight is 317 g/mol. The van der Waals surface area contributed by atoms with Gasteiger partial charge in [0.05, 0.1) is 10.1 Å². The minimum absolute atomic E-state index is 0.153. The highest BCUT2D eigenvalue weighted by molar-refractivity contribution is 7.91. The van der Waals surface area contributed by atoms with E-state index in [2.05, 4.69) is 5.32 Å². The summed E-state index contributed by atoms with van der Waals surface area (Å²) in [5.74, 6) is 0. The molecular formula is C13H19NO4S2. The number of hydrogen-bond acceptors (Lipinski definition) is 5. The van der Waals surface area contributed by atoms with Gasteiger partial charge < -0.3 is 5.32 Å². The highest BCUT2D eigenvalue weighted by Gasteiger charge is 2.34. The van der Waals surface area contributed by atoms with Crippen LogP contribution in [0.1, 0.15) is 19.3 Å². The second-order valence-electron chi connectivity index (χ2n) is 5.35. The Morgan fingerprint density at radius 3 is 2.40 bits per heavy atom. The van der Waals surface area contributed by atoms with Gasteiger partial charge in [-0.05, 0) is 37.5 Å². The maximum atomic E-state index is 11.7. The number of sulfone groups is 2. The lowest BCUT2D eigenvalue weighted by atomic mass is 10.2. The molecule has 0 spiro atoms. The lowest BCUT2D eigenvalue weighted by Crippen LogP contribution is -2.34. The Hall–Kier alpha value is -1.08. The van der Waals surface area contributed by atoms with Crippen molar-refractivity contribution >= 4 is 25.4 Å². The molecule has 1 aliphatic carbocycles. The number of hydrogen-bond donors (Lipinski definition) is 1. The van der Waals surface area contributed by atoms with E-state index in [1.807, 2.05) is 0 Å². The quantitative estimate of drug-likeness (QED) is 0.909. The second-order valence-corrected chi connectivity index (χ2v) is 9.63. The maximum absolute atomic E-state index is 11.7. The molecule has 2 atom stereocenters. The molecule has 0 radical (unpaired) electrons. The van der Waals surface area contributed by atoms with Crippen molar-refractivity contribution in [3.8, 4) is 0 Å². The summed E-state index contributed by atoms with van der Waals surface area (Å²) in [6.07, 6.45) is 4.70. The van der Waals surface area contributed by atoms with Gasteiger partial charge in [-0.2, -0.15) is 0 Å². The van der Waals surface area contributed by atoms with Gasteiger partial charge in [-0.25, -0.2) is 16.8 Å². The van der Waals surface area contributed by atoms with Crippen LogP contribution in [-0.2, 0) is 19.7 Å². The minimum atomic E-state index is -3.26. The Balaban J connectivity index is 2.22. The molecule has 20 heavy (non-hydrogen) atoms. The fraction of sp³-hybridized carbons (Fsp3) is 0.538. The Morgan fingerprint density at radius 2 is 1.80 bits per heavy atom. The first-order valence-corrected chi connectivity index (χ1v) is 10.3. The summed E-state index contributed by atoms with van der Waals surface area (Å²) >= 11 is 0. The van der Waals surface area contributed by atoms with Crippen molar-refractivity contribution in [3.05, 3.63) is 24.3 Å². The van der Waals surface area contributed by atoms with E-state index in [0.29, 0.717) is 12.1 Å². The summed E-state index contributed by atoms with van der Waals surface area (Å²) in [4.78, 5) is 0.233. The van der Waals surface area contributed by atoms with Crippen LogP contribution in [0.5, 0.6) is 0 Å². The van der Waals surface area contributed by atoms with Gasteiger partial charge in [0.25, 0.3) is 0 Å². The smallest absolute Gasteiger partial charge is 0.175 e. The summed E-state index contributed by atoms with van der Waals surface area (Å²) in [7, 11) is -6.35. The van der Waals surface area contributed by atoms with Gasteiger partial charge in [0.2, 0.25) is 0 Å². The summed E-state index contributed by atoms with van der Waals surface area (Å²) < 4.78 is 46.5. The van der Waals surface area contributed by atoms with Crippen LogP contribution in [0, 0.1) is 0 Å². The summed E-state index contributed by atoms with van der Waals surface area (Å²) in [6.45, 7) is 0. The zero-order chi connectivity index (χ0) is 15.0. The van der Waals surface area contributed by atoms with Crippen molar-refractivity contribution in [2.45, 2.75) is 35.4 Å². The van der Waals surface area contributed by atoms with E-state index in [9.17, 15) is 16.8 Å².